The second-order valence-corrected chi connectivity index (χ2v) is 6.33. The number of benzene rings is 1. The summed E-state index contributed by atoms with van der Waals surface area (Å²) in [4.78, 5) is 0. The van der Waals surface area contributed by atoms with Gasteiger partial charge in [0.25, 0.3) is 0 Å². The molecule has 0 aliphatic carbocycles. The van der Waals surface area contributed by atoms with Crippen LogP contribution in [0.4, 0.5) is 5.69 Å². The molecule has 5 heteroatoms. The third-order valence-electron chi connectivity index (χ3n) is 3.63. The van der Waals surface area contributed by atoms with Gasteiger partial charge in [-0.15, -0.1) is 11.3 Å². The van der Waals surface area contributed by atoms with E-state index < -0.39 is 6.10 Å². The van der Waals surface area contributed by atoms with Crippen molar-refractivity contribution in [3.05, 3.63) is 29.6 Å². The minimum Gasteiger partial charge on any atom is -0.389 e. The van der Waals surface area contributed by atoms with Crippen LogP contribution in [0.2, 0.25) is 0 Å². The van der Waals surface area contributed by atoms with E-state index in [0.29, 0.717) is 19.8 Å². The molecule has 1 aromatic heterocycles. The highest BCUT2D eigenvalue weighted by atomic mass is 32.1. The Hall–Kier alpha value is -1.14. The van der Waals surface area contributed by atoms with Crippen molar-refractivity contribution in [1.29, 1.82) is 0 Å². The zero-order valence-corrected chi connectivity index (χ0v) is 12.8. The maximum atomic E-state index is 9.93. The van der Waals surface area contributed by atoms with Crippen LogP contribution in [0.5, 0.6) is 0 Å². The number of rotatable bonds is 7. The van der Waals surface area contributed by atoms with E-state index in [9.17, 15) is 5.11 Å². The number of thiophene rings is 1. The molecule has 4 nitrogen and oxygen atoms in total. The number of fused-ring (bicyclic) bond motifs is 1. The quantitative estimate of drug-likeness (QED) is 0.826. The lowest BCUT2D eigenvalue weighted by Crippen LogP contribution is -2.27. The predicted molar refractivity (Wildman–Crippen MR) is 86.1 cm³/mol. The van der Waals surface area contributed by atoms with Crippen LogP contribution in [0.15, 0.2) is 29.6 Å². The van der Waals surface area contributed by atoms with Crippen LogP contribution in [-0.2, 0) is 9.47 Å². The van der Waals surface area contributed by atoms with Crippen molar-refractivity contribution in [3.8, 4) is 0 Å². The zero-order valence-electron chi connectivity index (χ0n) is 12.0. The van der Waals surface area contributed by atoms with Crippen LogP contribution in [-0.4, -0.2) is 43.7 Å². The molecule has 2 N–H and O–H groups in total. The summed E-state index contributed by atoms with van der Waals surface area (Å²) in [7, 11) is 0. The van der Waals surface area contributed by atoms with Crippen LogP contribution >= 0.6 is 11.3 Å². The van der Waals surface area contributed by atoms with Crippen LogP contribution in [0.1, 0.15) is 12.8 Å². The highest BCUT2D eigenvalue weighted by molar-refractivity contribution is 7.17. The normalized spacial score (nSPS) is 20.0. The monoisotopic (exact) mass is 307 g/mol. The van der Waals surface area contributed by atoms with Crippen LogP contribution in [0.3, 0.4) is 0 Å². The minimum atomic E-state index is -0.510. The van der Waals surface area contributed by atoms with E-state index >= 15 is 0 Å². The Morgan fingerprint density at radius 3 is 3.24 bits per heavy atom. The number of ether oxygens (including phenoxy) is 2. The molecule has 21 heavy (non-hydrogen) atoms. The molecule has 1 fully saturated rings. The summed E-state index contributed by atoms with van der Waals surface area (Å²) in [5.41, 5.74) is 1.03. The lowest BCUT2D eigenvalue weighted by atomic mass is 10.2. The van der Waals surface area contributed by atoms with E-state index in [0.717, 1.165) is 25.1 Å². The van der Waals surface area contributed by atoms with Crippen molar-refractivity contribution in [3.63, 3.8) is 0 Å². The molecule has 3 rings (SSSR count). The zero-order chi connectivity index (χ0) is 14.5. The van der Waals surface area contributed by atoms with Crippen molar-refractivity contribution >= 4 is 27.1 Å². The Balaban J connectivity index is 1.39. The number of anilines is 1. The summed E-state index contributed by atoms with van der Waals surface area (Å²) in [6, 6.07) is 8.35. The smallest absolute Gasteiger partial charge is 0.0945 e. The van der Waals surface area contributed by atoms with Crippen LogP contribution in [0, 0.1) is 0 Å². The topological polar surface area (TPSA) is 50.7 Å². The fraction of sp³-hybridized carbons (Fsp3) is 0.500. The number of hydrogen-bond acceptors (Lipinski definition) is 5. The van der Waals surface area contributed by atoms with E-state index in [-0.39, 0.29) is 6.10 Å². The molecule has 0 amide bonds. The van der Waals surface area contributed by atoms with Gasteiger partial charge in [-0.2, -0.15) is 0 Å². The summed E-state index contributed by atoms with van der Waals surface area (Å²) in [5.74, 6) is 0. The van der Waals surface area contributed by atoms with Crippen molar-refractivity contribution in [2.75, 3.05) is 31.7 Å². The second kappa shape index (κ2) is 7.22. The number of nitrogens with one attached hydrogen (secondary N) is 1. The maximum Gasteiger partial charge on any atom is 0.0945 e. The van der Waals surface area contributed by atoms with Crippen LogP contribution in [0.25, 0.3) is 10.1 Å². The molecule has 0 saturated carbocycles. The summed E-state index contributed by atoms with van der Waals surface area (Å²) in [6.45, 7) is 2.25. The van der Waals surface area contributed by atoms with Gasteiger partial charge in [0.1, 0.15) is 0 Å². The Labute approximate surface area is 128 Å². The molecule has 1 saturated heterocycles. The van der Waals surface area contributed by atoms with Gasteiger partial charge in [-0.3, -0.25) is 0 Å². The van der Waals surface area contributed by atoms with E-state index in [1.807, 2.05) is 6.07 Å². The molecular weight excluding hydrogens is 286 g/mol. The average molecular weight is 307 g/mol. The largest absolute Gasteiger partial charge is 0.389 e. The van der Waals surface area contributed by atoms with Gasteiger partial charge in [-0.05, 0) is 47.9 Å². The SMILES string of the molecule is OC(CNc1ccc2sccc2c1)COCC1CCCO1. The Morgan fingerprint density at radius 1 is 1.43 bits per heavy atom. The van der Waals surface area contributed by atoms with Gasteiger partial charge in [0, 0.05) is 23.5 Å². The molecule has 0 bridgehead atoms. The van der Waals surface area contributed by atoms with E-state index in [1.54, 1.807) is 11.3 Å². The molecule has 2 heterocycles. The van der Waals surface area contributed by atoms with E-state index in [2.05, 4.69) is 28.9 Å². The molecular formula is C16H21NO3S. The third kappa shape index (κ3) is 4.17. The summed E-state index contributed by atoms with van der Waals surface area (Å²) >= 11 is 1.73. The molecule has 1 aliphatic rings. The van der Waals surface area contributed by atoms with Crippen molar-refractivity contribution in [2.24, 2.45) is 0 Å². The third-order valence-corrected chi connectivity index (χ3v) is 4.53. The molecule has 0 radical (unpaired) electrons. The molecule has 0 spiro atoms. The first-order valence-corrected chi connectivity index (χ1v) is 8.28. The average Bonchev–Trinajstić information content (AvgIpc) is 3.15. The van der Waals surface area contributed by atoms with Gasteiger partial charge in [0.15, 0.2) is 0 Å². The Bertz CT molecular complexity index is 565. The van der Waals surface area contributed by atoms with E-state index in [1.165, 1.54) is 10.1 Å². The van der Waals surface area contributed by atoms with Crippen molar-refractivity contribution in [1.82, 2.24) is 0 Å². The molecule has 1 aromatic carbocycles. The van der Waals surface area contributed by atoms with Crippen molar-refractivity contribution in [2.45, 2.75) is 25.0 Å². The second-order valence-electron chi connectivity index (χ2n) is 5.38. The molecule has 2 atom stereocenters. The first-order valence-electron chi connectivity index (χ1n) is 7.40. The number of hydrogen-bond donors (Lipinski definition) is 2. The fourth-order valence-corrected chi connectivity index (χ4v) is 3.25. The predicted octanol–water partition coefficient (Wildman–Crippen LogP) is 2.87. The van der Waals surface area contributed by atoms with Crippen LogP contribution < -0.4 is 5.32 Å². The highest BCUT2D eigenvalue weighted by Gasteiger charge is 2.16. The minimum absolute atomic E-state index is 0.214. The van der Waals surface area contributed by atoms with E-state index in [4.69, 9.17) is 9.47 Å². The molecule has 1 aliphatic heterocycles. The first kappa shape index (κ1) is 14.8. The van der Waals surface area contributed by atoms with Gasteiger partial charge in [0.2, 0.25) is 0 Å². The van der Waals surface area contributed by atoms with Gasteiger partial charge in [-0.25, -0.2) is 0 Å². The lowest BCUT2D eigenvalue weighted by Gasteiger charge is -2.15. The Morgan fingerprint density at radius 2 is 2.38 bits per heavy atom. The standard InChI is InChI=1S/C16H21NO3S/c18-14(10-19-11-15-2-1-6-20-15)9-17-13-3-4-16-12(8-13)5-7-21-16/h3-5,7-8,14-15,17-18H,1-2,6,9-11H2. The fourth-order valence-electron chi connectivity index (χ4n) is 2.48. The Kier molecular flexibility index (Phi) is 5.08. The van der Waals surface area contributed by atoms with Gasteiger partial charge in [-0.1, -0.05) is 0 Å². The summed E-state index contributed by atoms with van der Waals surface area (Å²) in [6.07, 6.45) is 1.88. The number of aliphatic hydroxyl groups is 1. The molecule has 2 unspecified atom stereocenters. The highest BCUT2D eigenvalue weighted by Crippen LogP contribution is 2.23. The molecule has 114 valence electrons. The molecule has 2 aromatic rings. The van der Waals surface area contributed by atoms with Gasteiger partial charge in [0.05, 0.1) is 25.4 Å². The lowest BCUT2D eigenvalue weighted by molar-refractivity contribution is -0.0137. The van der Waals surface area contributed by atoms with Gasteiger partial charge < -0.3 is 19.9 Å². The summed E-state index contributed by atoms with van der Waals surface area (Å²) < 4.78 is 12.3. The number of aliphatic hydroxyl groups excluding tert-OH is 1. The maximum absolute atomic E-state index is 9.93. The first-order chi connectivity index (χ1) is 10.3. The van der Waals surface area contributed by atoms with Crippen molar-refractivity contribution < 1.29 is 14.6 Å². The summed E-state index contributed by atoms with van der Waals surface area (Å²) in [5, 5.41) is 16.5. The van der Waals surface area contributed by atoms with Gasteiger partial charge >= 0.3 is 0 Å².